The van der Waals surface area contributed by atoms with Gasteiger partial charge in [0.2, 0.25) is 0 Å². The minimum absolute atomic E-state index is 0.127. The zero-order valence-electron chi connectivity index (χ0n) is 6.77. The molecule has 60 valence electrons. The second kappa shape index (κ2) is 2.49. The summed E-state index contributed by atoms with van der Waals surface area (Å²) in [5.41, 5.74) is 0.127. The van der Waals surface area contributed by atoms with E-state index >= 15 is 0 Å². The molecule has 11 heavy (non-hydrogen) atoms. The zero-order chi connectivity index (χ0) is 7.73. The molecule has 2 heteroatoms. The molecule has 1 saturated heterocycles. The Kier molecular flexibility index (Phi) is 1.61. The molecule has 0 aromatic rings. The van der Waals surface area contributed by atoms with Gasteiger partial charge >= 0.3 is 0 Å². The number of nitrogens with one attached hydrogen (secondary N) is 1. The summed E-state index contributed by atoms with van der Waals surface area (Å²) in [6.45, 7) is 2.24. The lowest BCUT2D eigenvalue weighted by Gasteiger charge is -2.26. The van der Waals surface area contributed by atoms with E-state index in [1.165, 1.54) is 12.8 Å². The minimum Gasteiger partial charge on any atom is -0.317 e. The van der Waals surface area contributed by atoms with Crippen molar-refractivity contribution in [3.63, 3.8) is 0 Å². The van der Waals surface area contributed by atoms with Crippen LogP contribution in [-0.4, -0.2) is 13.1 Å². The molecule has 0 bridgehead atoms. The summed E-state index contributed by atoms with van der Waals surface area (Å²) in [4.78, 5) is 0. The Morgan fingerprint density at radius 3 is 2.36 bits per heavy atom. The third-order valence-electron chi connectivity index (χ3n) is 3.13. The molecule has 0 aromatic heterocycles. The van der Waals surface area contributed by atoms with Crippen LogP contribution in [0.2, 0.25) is 0 Å². The van der Waals surface area contributed by atoms with Crippen LogP contribution in [0.15, 0.2) is 0 Å². The van der Waals surface area contributed by atoms with Gasteiger partial charge in [0.05, 0.1) is 11.5 Å². The van der Waals surface area contributed by atoms with Crippen LogP contribution in [0.1, 0.15) is 25.7 Å². The van der Waals surface area contributed by atoms with E-state index in [0.717, 1.165) is 25.9 Å². The number of hydrogen-bond donors (Lipinski definition) is 1. The molecule has 2 fully saturated rings. The fraction of sp³-hybridized carbons (Fsp3) is 0.889. The van der Waals surface area contributed by atoms with Gasteiger partial charge in [0.15, 0.2) is 0 Å². The molecule has 1 heterocycles. The maximum atomic E-state index is 8.94. The summed E-state index contributed by atoms with van der Waals surface area (Å²) in [5.74, 6) is 0.703. The molecule has 2 nitrogen and oxygen atoms in total. The third-order valence-corrected chi connectivity index (χ3v) is 3.13. The molecular formula is C9H14N2. The van der Waals surface area contributed by atoms with Crippen molar-refractivity contribution in [3.8, 4) is 6.07 Å². The van der Waals surface area contributed by atoms with Crippen molar-refractivity contribution in [3.05, 3.63) is 0 Å². The van der Waals surface area contributed by atoms with E-state index in [1.807, 2.05) is 0 Å². The van der Waals surface area contributed by atoms with E-state index in [2.05, 4.69) is 11.4 Å². The van der Waals surface area contributed by atoms with Crippen molar-refractivity contribution in [2.24, 2.45) is 11.3 Å². The average molecular weight is 150 g/mol. The van der Waals surface area contributed by atoms with Crippen LogP contribution in [0.25, 0.3) is 0 Å². The maximum Gasteiger partial charge on any atom is 0.0692 e. The predicted molar refractivity (Wildman–Crippen MR) is 42.9 cm³/mol. The smallest absolute Gasteiger partial charge is 0.0692 e. The molecule has 0 spiro atoms. The highest BCUT2D eigenvalue weighted by Crippen LogP contribution is 2.54. The summed E-state index contributed by atoms with van der Waals surface area (Å²) in [6.07, 6.45) is 4.75. The van der Waals surface area contributed by atoms with Crippen LogP contribution >= 0.6 is 0 Å². The van der Waals surface area contributed by atoms with Crippen LogP contribution < -0.4 is 5.32 Å². The number of hydrogen-bond acceptors (Lipinski definition) is 2. The Morgan fingerprint density at radius 2 is 1.91 bits per heavy atom. The Morgan fingerprint density at radius 1 is 1.27 bits per heavy atom. The zero-order valence-corrected chi connectivity index (χ0v) is 6.77. The SMILES string of the molecule is N#CC1(C2CCNCC2)CC1. The van der Waals surface area contributed by atoms with Gasteiger partial charge in [0, 0.05) is 0 Å². The Balaban J connectivity index is 1.99. The normalized spacial score (nSPS) is 29.4. The number of nitriles is 1. The maximum absolute atomic E-state index is 8.94. The highest BCUT2D eigenvalue weighted by Gasteiger charge is 2.49. The van der Waals surface area contributed by atoms with Crippen molar-refractivity contribution >= 4 is 0 Å². The quantitative estimate of drug-likeness (QED) is 0.611. The predicted octanol–water partition coefficient (Wildman–Crippen LogP) is 1.29. The molecule has 2 aliphatic rings. The molecule has 0 amide bonds. The largest absolute Gasteiger partial charge is 0.317 e. The van der Waals surface area contributed by atoms with Crippen LogP contribution in [0.3, 0.4) is 0 Å². The molecule has 0 unspecified atom stereocenters. The Labute approximate surface area is 67.6 Å². The number of piperidine rings is 1. The Bertz CT molecular complexity index is 182. The van der Waals surface area contributed by atoms with Gasteiger partial charge in [-0.1, -0.05) is 0 Å². The van der Waals surface area contributed by atoms with Crippen LogP contribution in [-0.2, 0) is 0 Å². The summed E-state index contributed by atoms with van der Waals surface area (Å²) >= 11 is 0. The first-order valence-electron chi connectivity index (χ1n) is 4.49. The molecule has 2 rings (SSSR count). The Hall–Kier alpha value is -0.550. The lowest BCUT2D eigenvalue weighted by molar-refractivity contribution is 0.289. The highest BCUT2D eigenvalue weighted by atomic mass is 14.9. The fourth-order valence-corrected chi connectivity index (χ4v) is 2.12. The summed E-state index contributed by atoms with van der Waals surface area (Å²) < 4.78 is 0. The highest BCUT2D eigenvalue weighted by molar-refractivity contribution is 5.13. The van der Waals surface area contributed by atoms with E-state index in [9.17, 15) is 0 Å². The lowest BCUT2D eigenvalue weighted by Crippen LogP contribution is -2.31. The van der Waals surface area contributed by atoms with Gasteiger partial charge in [-0.2, -0.15) is 5.26 Å². The van der Waals surface area contributed by atoms with Crippen molar-refractivity contribution < 1.29 is 0 Å². The molecule has 1 N–H and O–H groups in total. The number of nitrogens with zero attached hydrogens (tertiary/aromatic N) is 1. The van der Waals surface area contributed by atoms with E-state index in [-0.39, 0.29) is 5.41 Å². The number of rotatable bonds is 1. The van der Waals surface area contributed by atoms with Crippen molar-refractivity contribution in [1.29, 1.82) is 5.26 Å². The van der Waals surface area contributed by atoms with Gasteiger partial charge in [-0.05, 0) is 44.7 Å². The van der Waals surface area contributed by atoms with Crippen LogP contribution in [0, 0.1) is 22.7 Å². The molecule has 1 saturated carbocycles. The topological polar surface area (TPSA) is 35.8 Å². The third kappa shape index (κ3) is 1.14. The van der Waals surface area contributed by atoms with Gasteiger partial charge < -0.3 is 5.32 Å². The van der Waals surface area contributed by atoms with E-state index in [0.29, 0.717) is 5.92 Å². The first-order valence-corrected chi connectivity index (χ1v) is 4.49. The second-order valence-electron chi connectivity index (χ2n) is 3.79. The van der Waals surface area contributed by atoms with E-state index < -0.39 is 0 Å². The molecule has 0 atom stereocenters. The first-order chi connectivity index (χ1) is 5.37. The molecule has 0 aromatic carbocycles. The van der Waals surface area contributed by atoms with Crippen molar-refractivity contribution in [1.82, 2.24) is 5.32 Å². The standard InChI is InChI=1S/C9H14N2/c10-7-9(3-4-9)8-1-5-11-6-2-8/h8,11H,1-6H2. The summed E-state index contributed by atoms with van der Waals surface area (Å²) in [6, 6.07) is 2.49. The molecule has 1 aliphatic heterocycles. The monoisotopic (exact) mass is 150 g/mol. The minimum atomic E-state index is 0.127. The van der Waals surface area contributed by atoms with Crippen LogP contribution in [0.5, 0.6) is 0 Å². The van der Waals surface area contributed by atoms with Gasteiger partial charge in [0.1, 0.15) is 0 Å². The molecular weight excluding hydrogens is 136 g/mol. The average Bonchev–Trinajstić information content (AvgIpc) is 2.86. The van der Waals surface area contributed by atoms with Gasteiger partial charge in [-0.15, -0.1) is 0 Å². The lowest BCUT2D eigenvalue weighted by atomic mass is 9.83. The van der Waals surface area contributed by atoms with Crippen molar-refractivity contribution in [2.45, 2.75) is 25.7 Å². The van der Waals surface area contributed by atoms with Gasteiger partial charge in [-0.25, -0.2) is 0 Å². The summed E-state index contributed by atoms with van der Waals surface area (Å²) in [5, 5.41) is 12.3. The van der Waals surface area contributed by atoms with Gasteiger partial charge in [-0.3, -0.25) is 0 Å². The molecule has 0 radical (unpaired) electrons. The van der Waals surface area contributed by atoms with Gasteiger partial charge in [0.25, 0.3) is 0 Å². The first kappa shape index (κ1) is 7.12. The van der Waals surface area contributed by atoms with E-state index in [1.54, 1.807) is 0 Å². The molecule has 1 aliphatic carbocycles. The summed E-state index contributed by atoms with van der Waals surface area (Å²) in [7, 11) is 0. The van der Waals surface area contributed by atoms with Crippen LogP contribution in [0.4, 0.5) is 0 Å². The van der Waals surface area contributed by atoms with E-state index in [4.69, 9.17) is 5.26 Å². The fourth-order valence-electron chi connectivity index (χ4n) is 2.12. The second-order valence-corrected chi connectivity index (χ2v) is 3.79. The van der Waals surface area contributed by atoms with Crippen molar-refractivity contribution in [2.75, 3.05) is 13.1 Å².